The summed E-state index contributed by atoms with van der Waals surface area (Å²) in [6.07, 6.45) is 0. The monoisotopic (exact) mass is 443 g/mol. The molecule has 2 aliphatic heterocycles. The number of benzene rings is 2. The summed E-state index contributed by atoms with van der Waals surface area (Å²) >= 11 is 1.35. The number of rotatable bonds is 4. The van der Waals surface area contributed by atoms with E-state index in [1.54, 1.807) is 0 Å². The average Bonchev–Trinajstić information content (AvgIpc) is 3.15. The smallest absolute Gasteiger partial charge is 0.234 e. The Kier molecular flexibility index (Phi) is 5.63. The van der Waals surface area contributed by atoms with Gasteiger partial charge in [-0.15, -0.1) is 0 Å². The van der Waals surface area contributed by atoms with Gasteiger partial charge >= 0.3 is 0 Å². The number of hydrogen-bond donors (Lipinski definition) is 1. The molecule has 0 radical (unpaired) electrons. The summed E-state index contributed by atoms with van der Waals surface area (Å²) in [6, 6.07) is 13.4. The fraction of sp³-hybridized carbons (Fsp3) is 0.364. The van der Waals surface area contributed by atoms with Crippen LogP contribution in [0.2, 0.25) is 0 Å². The normalized spacial score (nSPS) is 22.0. The highest BCUT2D eigenvalue weighted by Gasteiger charge is 2.47. The highest BCUT2D eigenvalue weighted by molar-refractivity contribution is 8.14. The van der Waals surface area contributed by atoms with Crippen molar-refractivity contribution >= 4 is 44.0 Å². The van der Waals surface area contributed by atoms with Crippen molar-refractivity contribution < 1.29 is 13.2 Å². The minimum absolute atomic E-state index is 0.0682. The number of amides is 1. The Hall–Kier alpha value is -2.32. The first-order chi connectivity index (χ1) is 14.2. The van der Waals surface area contributed by atoms with Gasteiger partial charge < -0.3 is 10.2 Å². The van der Waals surface area contributed by atoms with Gasteiger partial charge in [-0.25, -0.2) is 8.42 Å². The van der Waals surface area contributed by atoms with Crippen molar-refractivity contribution in [1.29, 1.82) is 0 Å². The molecule has 6 nitrogen and oxygen atoms in total. The highest BCUT2D eigenvalue weighted by Crippen LogP contribution is 2.35. The lowest BCUT2D eigenvalue weighted by Gasteiger charge is -2.26. The first-order valence-electron chi connectivity index (χ1n) is 9.86. The molecule has 0 bridgehead atoms. The molecule has 4 rings (SSSR count). The van der Waals surface area contributed by atoms with Gasteiger partial charge in [-0.1, -0.05) is 41.6 Å². The van der Waals surface area contributed by atoms with Crippen LogP contribution in [0.25, 0.3) is 0 Å². The molecule has 2 aromatic carbocycles. The Morgan fingerprint density at radius 2 is 1.80 bits per heavy atom. The van der Waals surface area contributed by atoms with Gasteiger partial charge in [-0.3, -0.25) is 9.79 Å². The molecule has 2 atom stereocenters. The zero-order valence-corrected chi connectivity index (χ0v) is 18.9. The Morgan fingerprint density at radius 1 is 1.10 bits per heavy atom. The van der Waals surface area contributed by atoms with Crippen LogP contribution in [0, 0.1) is 20.8 Å². The van der Waals surface area contributed by atoms with Gasteiger partial charge in [0.15, 0.2) is 15.0 Å². The minimum atomic E-state index is -3.10. The molecule has 1 amide bonds. The Balaban J connectivity index is 1.50. The van der Waals surface area contributed by atoms with E-state index in [0.29, 0.717) is 5.17 Å². The second kappa shape index (κ2) is 8.07. The number of hydrogen-bond acceptors (Lipinski definition) is 6. The second-order valence-electron chi connectivity index (χ2n) is 7.98. The molecule has 1 saturated heterocycles. The van der Waals surface area contributed by atoms with E-state index < -0.39 is 9.84 Å². The zero-order chi connectivity index (χ0) is 21.5. The first kappa shape index (κ1) is 20.9. The highest BCUT2D eigenvalue weighted by atomic mass is 32.2. The largest absolute Gasteiger partial charge is 0.325 e. The maximum Gasteiger partial charge on any atom is 0.234 e. The summed E-state index contributed by atoms with van der Waals surface area (Å²) in [6.45, 7) is 5.96. The van der Waals surface area contributed by atoms with Gasteiger partial charge in [0.05, 0.1) is 29.3 Å². The number of anilines is 2. The molecule has 0 aromatic heterocycles. The molecular formula is C22H25N3O3S2. The van der Waals surface area contributed by atoms with Crippen LogP contribution in [0.3, 0.4) is 0 Å². The molecule has 1 fully saturated rings. The van der Waals surface area contributed by atoms with Crippen LogP contribution in [0.1, 0.15) is 16.7 Å². The quantitative estimate of drug-likeness (QED) is 0.784. The maximum absolute atomic E-state index is 12.6. The molecule has 30 heavy (non-hydrogen) atoms. The number of nitrogens with one attached hydrogen (secondary N) is 1. The van der Waals surface area contributed by atoms with Crippen molar-refractivity contribution in [2.24, 2.45) is 4.99 Å². The van der Waals surface area contributed by atoms with Gasteiger partial charge in [0, 0.05) is 11.4 Å². The van der Waals surface area contributed by atoms with E-state index in [0.717, 1.165) is 28.1 Å². The number of sulfone groups is 1. The molecule has 1 N–H and O–H groups in total. The Labute approximate surface area is 181 Å². The minimum Gasteiger partial charge on any atom is -0.325 e. The first-order valence-corrected chi connectivity index (χ1v) is 12.7. The predicted octanol–water partition coefficient (Wildman–Crippen LogP) is 3.33. The molecule has 158 valence electrons. The molecule has 2 heterocycles. The summed E-state index contributed by atoms with van der Waals surface area (Å²) in [5.74, 6) is 0.262. The standard InChI is InChI=1S/C22H25N3O3S2/c1-14-5-8-17(9-6-14)25-20-13-30(27,28)12-19(20)24-22(25)29-11-21(26)23-18-10-15(2)4-7-16(18)3/h4-10,19-20H,11-13H2,1-3H3,(H,23,26)/t19-,20-/m0/s1. The third-order valence-electron chi connectivity index (χ3n) is 5.42. The van der Waals surface area contributed by atoms with Crippen molar-refractivity contribution in [2.45, 2.75) is 32.9 Å². The number of aliphatic imine (C=N–C) groups is 1. The molecule has 8 heteroatoms. The van der Waals surface area contributed by atoms with Crippen molar-refractivity contribution in [3.63, 3.8) is 0 Å². The molecule has 0 spiro atoms. The van der Waals surface area contributed by atoms with Crippen LogP contribution in [-0.4, -0.2) is 48.8 Å². The topological polar surface area (TPSA) is 78.8 Å². The summed E-state index contributed by atoms with van der Waals surface area (Å²) < 4.78 is 24.3. The lowest BCUT2D eigenvalue weighted by molar-refractivity contribution is -0.113. The van der Waals surface area contributed by atoms with Crippen molar-refractivity contribution in [3.8, 4) is 0 Å². The lowest BCUT2D eigenvalue weighted by atomic mass is 10.1. The van der Waals surface area contributed by atoms with Crippen LogP contribution in [0.5, 0.6) is 0 Å². The van der Waals surface area contributed by atoms with E-state index >= 15 is 0 Å². The third kappa shape index (κ3) is 4.39. The van der Waals surface area contributed by atoms with Crippen molar-refractivity contribution in [2.75, 3.05) is 27.5 Å². The van der Waals surface area contributed by atoms with Gasteiger partial charge in [-0.05, 0) is 50.1 Å². The van der Waals surface area contributed by atoms with Crippen LogP contribution in [0.15, 0.2) is 47.5 Å². The number of carbonyl (C=O) groups excluding carboxylic acids is 1. The summed E-state index contributed by atoms with van der Waals surface area (Å²) in [5, 5.41) is 3.68. The van der Waals surface area contributed by atoms with E-state index in [4.69, 9.17) is 0 Å². The number of carbonyl (C=O) groups is 1. The SMILES string of the molecule is Cc1ccc(N2C(SCC(=O)Nc3cc(C)ccc3C)=N[C@H]3CS(=O)(=O)C[C@@H]32)cc1. The summed E-state index contributed by atoms with van der Waals surface area (Å²) in [7, 11) is -3.10. The Bertz CT molecular complexity index is 1110. The van der Waals surface area contributed by atoms with Gasteiger partial charge in [0.25, 0.3) is 0 Å². The van der Waals surface area contributed by atoms with Crippen LogP contribution >= 0.6 is 11.8 Å². The summed E-state index contributed by atoms with van der Waals surface area (Å²) in [5.41, 5.74) is 4.95. The fourth-order valence-corrected chi connectivity index (χ4v) is 6.59. The maximum atomic E-state index is 12.6. The molecular weight excluding hydrogens is 418 g/mol. The lowest BCUT2D eigenvalue weighted by Crippen LogP contribution is -2.39. The number of fused-ring (bicyclic) bond motifs is 1. The number of thioether (sulfide) groups is 1. The number of aryl methyl sites for hydroxylation is 3. The van der Waals surface area contributed by atoms with E-state index in [2.05, 4.69) is 10.3 Å². The molecule has 2 aliphatic rings. The number of amidine groups is 1. The van der Waals surface area contributed by atoms with Gasteiger partial charge in [0.1, 0.15) is 0 Å². The van der Waals surface area contributed by atoms with E-state index in [9.17, 15) is 13.2 Å². The Morgan fingerprint density at radius 3 is 2.53 bits per heavy atom. The van der Waals surface area contributed by atoms with Crippen molar-refractivity contribution in [1.82, 2.24) is 0 Å². The summed E-state index contributed by atoms with van der Waals surface area (Å²) in [4.78, 5) is 19.2. The third-order valence-corrected chi connectivity index (χ3v) is 8.08. The fourth-order valence-electron chi connectivity index (χ4n) is 3.83. The van der Waals surface area contributed by atoms with Crippen molar-refractivity contribution in [3.05, 3.63) is 59.2 Å². The molecule has 0 saturated carbocycles. The second-order valence-corrected chi connectivity index (χ2v) is 11.1. The van der Waals surface area contributed by atoms with Gasteiger partial charge in [-0.2, -0.15) is 0 Å². The van der Waals surface area contributed by atoms with E-state index in [1.165, 1.54) is 11.8 Å². The van der Waals surface area contributed by atoms with Crippen LogP contribution in [-0.2, 0) is 14.6 Å². The zero-order valence-electron chi connectivity index (χ0n) is 17.3. The molecule has 0 aliphatic carbocycles. The number of nitrogens with zero attached hydrogens (tertiary/aromatic N) is 2. The predicted molar refractivity (Wildman–Crippen MR) is 124 cm³/mol. The van der Waals surface area contributed by atoms with Crippen LogP contribution in [0.4, 0.5) is 11.4 Å². The van der Waals surface area contributed by atoms with Gasteiger partial charge in [0.2, 0.25) is 5.91 Å². The molecule has 2 aromatic rings. The van der Waals surface area contributed by atoms with E-state index in [1.807, 2.05) is 68.1 Å². The van der Waals surface area contributed by atoms with Crippen LogP contribution < -0.4 is 10.2 Å². The molecule has 0 unspecified atom stereocenters. The average molecular weight is 444 g/mol. The van der Waals surface area contributed by atoms with E-state index in [-0.39, 0.29) is 35.2 Å².